The van der Waals surface area contributed by atoms with Crippen LogP contribution in [0.3, 0.4) is 0 Å². The number of nitrogen functional groups attached to an aromatic ring is 1. The first-order valence-electron chi connectivity index (χ1n) is 3.06. The van der Waals surface area contributed by atoms with Crippen LogP contribution >= 0.6 is 23.2 Å². The molecule has 0 amide bonds. The van der Waals surface area contributed by atoms with E-state index in [-0.39, 0.29) is 15.7 Å². The van der Waals surface area contributed by atoms with Crippen molar-refractivity contribution in [3.8, 4) is 5.75 Å². The Morgan fingerprint density at radius 3 is 2.54 bits per heavy atom. The van der Waals surface area contributed by atoms with E-state index >= 15 is 0 Å². The van der Waals surface area contributed by atoms with Gasteiger partial charge in [-0.2, -0.15) is 0 Å². The van der Waals surface area contributed by atoms with Gasteiger partial charge in [0.15, 0.2) is 5.75 Å². The van der Waals surface area contributed by atoms with Gasteiger partial charge in [-0.3, -0.25) is 10.1 Å². The Kier molecular flexibility index (Phi) is 2.49. The molecule has 70 valence electrons. The number of benzene rings is 1. The summed E-state index contributed by atoms with van der Waals surface area (Å²) in [4.78, 5) is 9.63. The third-order valence-electron chi connectivity index (χ3n) is 1.41. The number of phenolic OH excluding ortho intramolecular Hbond substituents is 1. The second kappa shape index (κ2) is 3.27. The molecule has 0 unspecified atom stereocenters. The van der Waals surface area contributed by atoms with E-state index in [9.17, 15) is 10.1 Å². The van der Waals surface area contributed by atoms with Crippen molar-refractivity contribution >= 4 is 34.6 Å². The summed E-state index contributed by atoms with van der Waals surface area (Å²) in [6, 6.07) is 0.943. The van der Waals surface area contributed by atoms with E-state index in [1.165, 1.54) is 0 Å². The van der Waals surface area contributed by atoms with Crippen molar-refractivity contribution in [2.45, 2.75) is 0 Å². The zero-order chi connectivity index (χ0) is 10.2. The van der Waals surface area contributed by atoms with E-state index in [0.717, 1.165) is 6.07 Å². The highest BCUT2D eigenvalue weighted by molar-refractivity contribution is 6.39. The second-order valence-corrected chi connectivity index (χ2v) is 3.00. The van der Waals surface area contributed by atoms with Crippen LogP contribution in [0.15, 0.2) is 6.07 Å². The van der Waals surface area contributed by atoms with Gasteiger partial charge in [-0.15, -0.1) is 0 Å². The first-order chi connectivity index (χ1) is 5.95. The van der Waals surface area contributed by atoms with E-state index in [4.69, 9.17) is 34.0 Å². The maximum atomic E-state index is 10.4. The number of rotatable bonds is 1. The van der Waals surface area contributed by atoms with Gasteiger partial charge < -0.3 is 10.8 Å². The van der Waals surface area contributed by atoms with Crippen LogP contribution < -0.4 is 5.73 Å². The molecule has 0 saturated heterocycles. The number of nitro benzene ring substituents is 1. The molecule has 1 aromatic carbocycles. The molecule has 3 N–H and O–H groups in total. The number of anilines is 1. The number of nitro groups is 1. The fourth-order valence-corrected chi connectivity index (χ4v) is 1.21. The topological polar surface area (TPSA) is 89.4 Å². The molecule has 5 nitrogen and oxygen atoms in total. The average molecular weight is 223 g/mol. The molecular formula is C6H4Cl2N2O3. The smallest absolute Gasteiger partial charge is 0.295 e. The van der Waals surface area contributed by atoms with E-state index < -0.39 is 16.4 Å². The minimum Gasteiger partial charge on any atom is -0.505 e. The Morgan fingerprint density at radius 2 is 2.08 bits per heavy atom. The van der Waals surface area contributed by atoms with Gasteiger partial charge in [-0.1, -0.05) is 23.2 Å². The molecule has 0 aliphatic heterocycles. The fraction of sp³-hybridized carbons (Fsp3) is 0. The van der Waals surface area contributed by atoms with Crippen LogP contribution in [0.4, 0.5) is 11.4 Å². The quantitative estimate of drug-likeness (QED) is 0.433. The van der Waals surface area contributed by atoms with Crippen LogP contribution in [0.5, 0.6) is 5.75 Å². The minimum atomic E-state index is -0.730. The minimum absolute atomic E-state index is 0.203. The molecule has 0 bridgehead atoms. The lowest BCUT2D eigenvalue weighted by atomic mass is 10.2. The zero-order valence-corrected chi connectivity index (χ0v) is 7.63. The number of nitrogens with zero attached hydrogens (tertiary/aromatic N) is 1. The summed E-state index contributed by atoms with van der Waals surface area (Å²) in [7, 11) is 0. The fourth-order valence-electron chi connectivity index (χ4n) is 0.762. The Balaban J connectivity index is 3.50. The van der Waals surface area contributed by atoms with Crippen LogP contribution in [0.25, 0.3) is 0 Å². The van der Waals surface area contributed by atoms with Gasteiger partial charge in [0, 0.05) is 6.07 Å². The monoisotopic (exact) mass is 222 g/mol. The summed E-state index contributed by atoms with van der Waals surface area (Å²) in [5.41, 5.74) is 4.54. The number of hydrogen-bond acceptors (Lipinski definition) is 4. The largest absolute Gasteiger partial charge is 0.505 e. The SMILES string of the molecule is Nc1c([N+](=O)[O-])cc(Cl)c(O)c1Cl. The molecule has 0 atom stereocenters. The van der Waals surface area contributed by atoms with Crippen LogP contribution in [0.2, 0.25) is 10.0 Å². The highest BCUT2D eigenvalue weighted by atomic mass is 35.5. The zero-order valence-electron chi connectivity index (χ0n) is 6.12. The molecule has 1 aromatic rings. The predicted octanol–water partition coefficient (Wildman–Crippen LogP) is 2.19. The van der Waals surface area contributed by atoms with E-state index in [0.29, 0.717) is 0 Å². The Hall–Kier alpha value is -1.20. The first kappa shape index (κ1) is 9.88. The Morgan fingerprint density at radius 1 is 1.54 bits per heavy atom. The van der Waals surface area contributed by atoms with Crippen LogP contribution in [-0.2, 0) is 0 Å². The lowest BCUT2D eigenvalue weighted by Crippen LogP contribution is -1.96. The number of hydrogen-bond donors (Lipinski definition) is 2. The summed E-state index contributed by atoms with van der Waals surface area (Å²) < 4.78 is 0. The van der Waals surface area contributed by atoms with Crippen LogP contribution in [-0.4, -0.2) is 10.0 Å². The van der Waals surface area contributed by atoms with Crippen molar-refractivity contribution in [1.29, 1.82) is 0 Å². The van der Waals surface area contributed by atoms with Gasteiger partial charge in [0.25, 0.3) is 5.69 Å². The molecule has 0 fully saturated rings. The molecule has 13 heavy (non-hydrogen) atoms. The van der Waals surface area contributed by atoms with Crippen molar-refractivity contribution < 1.29 is 10.0 Å². The third-order valence-corrected chi connectivity index (χ3v) is 2.08. The normalized spacial score (nSPS) is 10.0. The van der Waals surface area contributed by atoms with Gasteiger partial charge in [-0.25, -0.2) is 0 Å². The Labute approximate surface area is 82.8 Å². The van der Waals surface area contributed by atoms with Gasteiger partial charge in [0.05, 0.1) is 9.95 Å². The molecular weight excluding hydrogens is 219 g/mol. The van der Waals surface area contributed by atoms with Gasteiger partial charge in [0.2, 0.25) is 0 Å². The lowest BCUT2D eigenvalue weighted by Gasteiger charge is -2.03. The molecule has 0 heterocycles. The molecule has 0 aliphatic rings. The predicted molar refractivity (Wildman–Crippen MR) is 49.2 cm³/mol. The van der Waals surface area contributed by atoms with Crippen molar-refractivity contribution in [2.75, 3.05) is 5.73 Å². The molecule has 0 aliphatic carbocycles. The van der Waals surface area contributed by atoms with E-state index in [2.05, 4.69) is 0 Å². The summed E-state index contributed by atoms with van der Waals surface area (Å²) >= 11 is 10.9. The maximum absolute atomic E-state index is 10.4. The second-order valence-electron chi connectivity index (χ2n) is 2.21. The number of nitrogens with two attached hydrogens (primary N) is 1. The van der Waals surface area contributed by atoms with E-state index in [1.54, 1.807) is 0 Å². The summed E-state index contributed by atoms with van der Waals surface area (Å²) in [6.45, 7) is 0. The number of phenols is 1. The van der Waals surface area contributed by atoms with Crippen LogP contribution in [0, 0.1) is 10.1 Å². The highest BCUT2D eigenvalue weighted by Gasteiger charge is 2.20. The van der Waals surface area contributed by atoms with Crippen molar-refractivity contribution in [1.82, 2.24) is 0 Å². The van der Waals surface area contributed by atoms with Crippen molar-refractivity contribution in [3.63, 3.8) is 0 Å². The molecule has 0 saturated carbocycles. The molecule has 1 rings (SSSR count). The average Bonchev–Trinajstić information content (AvgIpc) is 2.07. The van der Waals surface area contributed by atoms with E-state index in [1.807, 2.05) is 0 Å². The highest BCUT2D eigenvalue weighted by Crippen LogP contribution is 2.41. The maximum Gasteiger partial charge on any atom is 0.295 e. The van der Waals surface area contributed by atoms with Gasteiger partial charge >= 0.3 is 0 Å². The standard InChI is InChI=1S/C6H4Cl2N2O3/c7-2-1-3(10(12)13)5(9)4(8)6(2)11/h1,11H,9H2. The number of aromatic hydroxyl groups is 1. The Bertz CT molecular complexity index is 381. The summed E-state index contributed by atoms with van der Waals surface area (Å²) in [5.74, 6) is -0.452. The van der Waals surface area contributed by atoms with Gasteiger partial charge in [0.1, 0.15) is 10.7 Å². The van der Waals surface area contributed by atoms with Crippen molar-refractivity contribution in [2.24, 2.45) is 0 Å². The summed E-state index contributed by atoms with van der Waals surface area (Å²) in [5, 5.41) is 19.0. The summed E-state index contributed by atoms with van der Waals surface area (Å²) in [6.07, 6.45) is 0. The molecule has 0 spiro atoms. The molecule has 0 aromatic heterocycles. The van der Waals surface area contributed by atoms with Gasteiger partial charge in [-0.05, 0) is 0 Å². The first-order valence-corrected chi connectivity index (χ1v) is 3.81. The third kappa shape index (κ3) is 1.61. The number of halogens is 2. The lowest BCUT2D eigenvalue weighted by molar-refractivity contribution is -0.383. The molecule has 7 heteroatoms. The van der Waals surface area contributed by atoms with Crippen molar-refractivity contribution in [3.05, 3.63) is 26.2 Å². The molecule has 0 radical (unpaired) electrons. The van der Waals surface area contributed by atoms with Crippen LogP contribution in [0.1, 0.15) is 0 Å².